The molecule has 0 unspecified atom stereocenters. The summed E-state index contributed by atoms with van der Waals surface area (Å²) < 4.78 is 1.70. The topological polar surface area (TPSA) is 74.0 Å². The van der Waals surface area contributed by atoms with Gasteiger partial charge in [-0.1, -0.05) is 18.2 Å². The van der Waals surface area contributed by atoms with Crippen LogP contribution in [-0.2, 0) is 0 Å². The maximum atomic E-state index is 12.5. The minimum Gasteiger partial charge on any atom is -0.372 e. The molecule has 1 aliphatic heterocycles. The summed E-state index contributed by atoms with van der Waals surface area (Å²) in [6.45, 7) is 2.20. The van der Waals surface area contributed by atoms with Crippen LogP contribution in [0.2, 0.25) is 0 Å². The Balaban J connectivity index is 1.63. The van der Waals surface area contributed by atoms with Gasteiger partial charge in [-0.2, -0.15) is 5.10 Å². The molecule has 6 nitrogen and oxygen atoms in total. The second kappa shape index (κ2) is 9.22. The van der Waals surface area contributed by atoms with Crippen molar-refractivity contribution in [1.82, 2.24) is 9.78 Å². The zero-order valence-electron chi connectivity index (χ0n) is 16.8. The number of nitrogens with one attached hydrogen (secondary N) is 2. The van der Waals surface area contributed by atoms with Crippen molar-refractivity contribution < 1.29 is 0 Å². The molecule has 0 radical (unpaired) electrons. The van der Waals surface area contributed by atoms with E-state index < -0.39 is 0 Å². The van der Waals surface area contributed by atoms with E-state index >= 15 is 0 Å². The van der Waals surface area contributed by atoms with Gasteiger partial charge in [-0.05, 0) is 61.7 Å². The Morgan fingerprint density at radius 1 is 0.933 bits per heavy atom. The van der Waals surface area contributed by atoms with Crippen molar-refractivity contribution in [3.05, 3.63) is 88.9 Å². The van der Waals surface area contributed by atoms with Gasteiger partial charge in [0, 0.05) is 42.9 Å². The van der Waals surface area contributed by atoms with Gasteiger partial charge in [-0.3, -0.25) is 4.79 Å². The second-order valence-electron chi connectivity index (χ2n) is 7.28. The quantitative estimate of drug-likeness (QED) is 0.605. The molecule has 152 valence electrons. The maximum absolute atomic E-state index is 12.5. The number of hydrogen-bond donors (Lipinski definition) is 2. The monoisotopic (exact) mass is 399 g/mol. The van der Waals surface area contributed by atoms with Crippen LogP contribution >= 0.6 is 0 Å². The molecule has 1 fully saturated rings. The van der Waals surface area contributed by atoms with Gasteiger partial charge in [0.1, 0.15) is 0 Å². The summed E-state index contributed by atoms with van der Waals surface area (Å²) in [6.07, 6.45) is 8.15. The molecule has 0 aliphatic carbocycles. The Kier molecular flexibility index (Phi) is 6.03. The number of anilines is 2. The third-order valence-electron chi connectivity index (χ3n) is 5.20. The van der Waals surface area contributed by atoms with E-state index in [9.17, 15) is 4.79 Å². The fourth-order valence-electron chi connectivity index (χ4n) is 3.65. The third kappa shape index (κ3) is 4.49. The predicted molar refractivity (Wildman–Crippen MR) is 123 cm³/mol. The maximum Gasteiger partial charge on any atom is 0.209 e. The van der Waals surface area contributed by atoms with E-state index in [1.165, 1.54) is 31.0 Å². The molecular weight excluding hydrogens is 374 g/mol. The van der Waals surface area contributed by atoms with E-state index in [2.05, 4.69) is 27.4 Å². The Morgan fingerprint density at radius 2 is 1.63 bits per heavy atom. The fourth-order valence-corrected chi connectivity index (χ4v) is 3.65. The normalized spacial score (nSPS) is 14.4. The summed E-state index contributed by atoms with van der Waals surface area (Å²) >= 11 is 0. The number of rotatable bonds is 6. The van der Waals surface area contributed by atoms with Crippen LogP contribution in [0.4, 0.5) is 11.4 Å². The van der Waals surface area contributed by atoms with Crippen molar-refractivity contribution in [2.45, 2.75) is 19.3 Å². The highest BCUT2D eigenvalue weighted by Gasteiger charge is 2.12. The molecule has 1 aromatic heterocycles. The number of hydrogen-bond acceptors (Lipinski definition) is 5. The average molecular weight is 399 g/mol. The van der Waals surface area contributed by atoms with E-state index in [1.807, 2.05) is 42.5 Å². The van der Waals surface area contributed by atoms with E-state index in [0.29, 0.717) is 5.70 Å². The van der Waals surface area contributed by atoms with Gasteiger partial charge in [-0.25, -0.2) is 4.68 Å². The highest BCUT2D eigenvalue weighted by Crippen LogP contribution is 2.21. The summed E-state index contributed by atoms with van der Waals surface area (Å²) in [6, 6.07) is 19.3. The summed E-state index contributed by atoms with van der Waals surface area (Å²) in [7, 11) is 0. The van der Waals surface area contributed by atoms with Crippen LogP contribution in [0.5, 0.6) is 0 Å². The molecule has 2 aromatic carbocycles. The van der Waals surface area contributed by atoms with Crippen LogP contribution in [0.1, 0.15) is 25.0 Å². The van der Waals surface area contributed by atoms with Gasteiger partial charge < -0.3 is 15.6 Å². The molecule has 2 N–H and O–H groups in total. The molecule has 3 aromatic rings. The molecule has 0 amide bonds. The van der Waals surface area contributed by atoms with E-state index in [-0.39, 0.29) is 11.1 Å². The van der Waals surface area contributed by atoms with Crippen LogP contribution in [-0.4, -0.2) is 29.1 Å². The largest absolute Gasteiger partial charge is 0.372 e. The van der Waals surface area contributed by atoms with Crippen LogP contribution in [0, 0.1) is 5.41 Å². The van der Waals surface area contributed by atoms with E-state index in [4.69, 9.17) is 5.41 Å². The summed E-state index contributed by atoms with van der Waals surface area (Å²) in [5, 5.41) is 15.2. The number of para-hydroxylation sites is 1. The lowest BCUT2D eigenvalue weighted by Crippen LogP contribution is -2.29. The lowest BCUT2D eigenvalue weighted by molar-refractivity contribution is 0.578. The van der Waals surface area contributed by atoms with Gasteiger partial charge in [0.15, 0.2) is 5.69 Å². The predicted octanol–water partition coefficient (Wildman–Crippen LogP) is 4.33. The van der Waals surface area contributed by atoms with Crippen molar-refractivity contribution in [2.75, 3.05) is 23.3 Å². The molecule has 1 saturated heterocycles. The van der Waals surface area contributed by atoms with Crippen LogP contribution < -0.4 is 15.6 Å². The first-order chi connectivity index (χ1) is 14.7. The zero-order chi connectivity index (χ0) is 20.8. The first kappa shape index (κ1) is 19.6. The van der Waals surface area contributed by atoms with Gasteiger partial charge >= 0.3 is 0 Å². The summed E-state index contributed by atoms with van der Waals surface area (Å²) in [4.78, 5) is 14.9. The number of nitrogens with zero attached hydrogens (tertiary/aromatic N) is 3. The van der Waals surface area contributed by atoms with Crippen LogP contribution in [0.15, 0.2) is 77.7 Å². The van der Waals surface area contributed by atoms with Gasteiger partial charge in [0.25, 0.3) is 0 Å². The molecule has 6 heteroatoms. The summed E-state index contributed by atoms with van der Waals surface area (Å²) in [5.41, 5.74) is 3.48. The van der Waals surface area contributed by atoms with Crippen LogP contribution in [0.3, 0.4) is 0 Å². The molecular formula is C24H25N5O. The first-order valence-corrected chi connectivity index (χ1v) is 10.2. The third-order valence-corrected chi connectivity index (χ3v) is 5.20. The molecule has 0 bridgehead atoms. The van der Waals surface area contributed by atoms with Crippen molar-refractivity contribution in [1.29, 1.82) is 5.41 Å². The lowest BCUT2D eigenvalue weighted by atomic mass is 10.1. The number of aromatic nitrogens is 2. The minimum atomic E-state index is -0.201. The van der Waals surface area contributed by atoms with Crippen molar-refractivity contribution in [3.63, 3.8) is 0 Å². The zero-order valence-corrected chi connectivity index (χ0v) is 16.8. The second-order valence-corrected chi connectivity index (χ2v) is 7.28. The molecule has 30 heavy (non-hydrogen) atoms. The number of piperidine rings is 1. The highest BCUT2D eigenvalue weighted by molar-refractivity contribution is 5.86. The Bertz CT molecular complexity index is 1080. The number of allylic oxidation sites excluding steroid dienone is 1. The first-order valence-electron chi connectivity index (χ1n) is 10.2. The van der Waals surface area contributed by atoms with E-state index in [1.54, 1.807) is 17.0 Å². The summed E-state index contributed by atoms with van der Waals surface area (Å²) in [5.74, 6) is 0. The van der Waals surface area contributed by atoms with Crippen LogP contribution in [0.25, 0.3) is 11.4 Å². The SMILES string of the molecule is N=C/C=C(\Nc1ccccc1)c1nn(-c2ccc(N3CCCCC3)cc2)ccc1=O. The Hall–Kier alpha value is -3.67. The van der Waals surface area contributed by atoms with Crippen molar-refractivity contribution in [3.8, 4) is 5.69 Å². The highest BCUT2D eigenvalue weighted by atomic mass is 16.1. The van der Waals surface area contributed by atoms with Gasteiger partial charge in [0.2, 0.25) is 5.43 Å². The smallest absolute Gasteiger partial charge is 0.209 e. The molecule has 0 atom stereocenters. The molecule has 2 heterocycles. The van der Waals surface area contributed by atoms with E-state index in [0.717, 1.165) is 30.7 Å². The molecule has 0 saturated carbocycles. The van der Waals surface area contributed by atoms with Crippen molar-refractivity contribution >= 4 is 23.3 Å². The van der Waals surface area contributed by atoms with Gasteiger partial charge in [0.05, 0.1) is 11.4 Å². The fraction of sp³-hybridized carbons (Fsp3) is 0.208. The van der Waals surface area contributed by atoms with Crippen molar-refractivity contribution in [2.24, 2.45) is 0 Å². The average Bonchev–Trinajstić information content (AvgIpc) is 2.81. The molecule has 0 spiro atoms. The Morgan fingerprint density at radius 3 is 2.33 bits per heavy atom. The van der Waals surface area contributed by atoms with Gasteiger partial charge in [-0.15, -0.1) is 0 Å². The lowest BCUT2D eigenvalue weighted by Gasteiger charge is -2.28. The molecule has 1 aliphatic rings. The number of benzene rings is 2. The molecule has 4 rings (SSSR count). The minimum absolute atomic E-state index is 0.201. The standard InChI is InChI=1S/C24H25N5O/c25-15-13-22(26-19-7-3-1-4-8-19)24-23(30)14-18-29(27-24)21-11-9-20(10-12-21)28-16-5-2-6-17-28/h1,3-4,7-15,18,25-26H,2,5-6,16-17H2/b22-13-,25-15?. The Labute approximate surface area is 176 Å².